The van der Waals surface area contributed by atoms with Crippen LogP contribution >= 0.6 is 15.9 Å². The zero-order valence-corrected chi connectivity index (χ0v) is 11.8. The van der Waals surface area contributed by atoms with Gasteiger partial charge in [0.15, 0.2) is 0 Å². The van der Waals surface area contributed by atoms with Crippen LogP contribution in [0.3, 0.4) is 0 Å². The Morgan fingerprint density at radius 1 is 1.39 bits per heavy atom. The molecule has 0 N–H and O–H groups in total. The molecule has 0 fully saturated rings. The number of aryl methyl sites for hydroxylation is 1. The Kier molecular flexibility index (Phi) is 3.81. The first kappa shape index (κ1) is 12.8. The molecule has 5 heteroatoms. The normalized spacial score (nSPS) is 10.4. The van der Waals surface area contributed by atoms with E-state index in [2.05, 4.69) is 20.9 Å². The monoisotopic (exact) mass is 308 g/mol. The van der Waals surface area contributed by atoms with Crippen molar-refractivity contribution in [2.45, 2.75) is 13.5 Å². The molecule has 94 valence electrons. The molecule has 18 heavy (non-hydrogen) atoms. The first-order valence-electron chi connectivity index (χ1n) is 5.47. The standard InChI is InChI=1S/C13H13BrN2O2/c1-9-15-7-11(14)13(17)16(9)8-10-5-3-4-6-12(10)18-2/h3-7H,8H2,1-2H3. The van der Waals surface area contributed by atoms with E-state index in [1.54, 1.807) is 11.7 Å². The molecule has 0 bridgehead atoms. The van der Waals surface area contributed by atoms with E-state index in [9.17, 15) is 4.79 Å². The van der Waals surface area contributed by atoms with Crippen LogP contribution < -0.4 is 10.3 Å². The summed E-state index contributed by atoms with van der Waals surface area (Å²) in [6.07, 6.45) is 1.52. The molecule has 0 spiro atoms. The second kappa shape index (κ2) is 5.35. The minimum atomic E-state index is -0.0894. The molecule has 0 aliphatic carbocycles. The van der Waals surface area contributed by atoms with Gasteiger partial charge in [0.2, 0.25) is 0 Å². The highest BCUT2D eigenvalue weighted by molar-refractivity contribution is 9.10. The fourth-order valence-electron chi connectivity index (χ4n) is 1.74. The molecule has 2 aromatic rings. The SMILES string of the molecule is COc1ccccc1Cn1c(C)ncc(Br)c1=O. The van der Waals surface area contributed by atoms with Crippen LogP contribution in [0.4, 0.5) is 0 Å². The van der Waals surface area contributed by atoms with Gasteiger partial charge in [0.25, 0.3) is 5.56 Å². The van der Waals surface area contributed by atoms with Gasteiger partial charge in [-0.2, -0.15) is 0 Å². The van der Waals surface area contributed by atoms with Crippen molar-refractivity contribution in [3.63, 3.8) is 0 Å². The Morgan fingerprint density at radius 3 is 2.83 bits per heavy atom. The lowest BCUT2D eigenvalue weighted by molar-refractivity contribution is 0.407. The summed E-state index contributed by atoms with van der Waals surface area (Å²) in [5.41, 5.74) is 0.860. The second-order valence-corrected chi connectivity index (χ2v) is 4.71. The van der Waals surface area contributed by atoms with Gasteiger partial charge in [-0.25, -0.2) is 4.98 Å². The fraction of sp³-hybridized carbons (Fsp3) is 0.231. The third-order valence-corrected chi connectivity index (χ3v) is 3.27. The quantitative estimate of drug-likeness (QED) is 0.874. The molecule has 0 aliphatic rings. The third-order valence-electron chi connectivity index (χ3n) is 2.73. The lowest BCUT2D eigenvalue weighted by atomic mass is 10.2. The lowest BCUT2D eigenvalue weighted by Crippen LogP contribution is -2.24. The van der Waals surface area contributed by atoms with Gasteiger partial charge in [-0.05, 0) is 28.9 Å². The summed E-state index contributed by atoms with van der Waals surface area (Å²) in [5, 5.41) is 0. The number of hydrogen-bond donors (Lipinski definition) is 0. The highest BCUT2D eigenvalue weighted by Gasteiger charge is 2.08. The van der Waals surface area contributed by atoms with Gasteiger partial charge < -0.3 is 4.74 Å². The molecule has 0 radical (unpaired) electrons. The van der Waals surface area contributed by atoms with E-state index in [1.807, 2.05) is 31.2 Å². The molecular formula is C13H13BrN2O2. The van der Waals surface area contributed by atoms with Gasteiger partial charge >= 0.3 is 0 Å². The zero-order valence-electron chi connectivity index (χ0n) is 10.2. The summed E-state index contributed by atoms with van der Waals surface area (Å²) in [6, 6.07) is 7.63. The van der Waals surface area contributed by atoms with Gasteiger partial charge in [0, 0.05) is 11.8 Å². The number of aromatic nitrogens is 2. The van der Waals surface area contributed by atoms with Gasteiger partial charge in [0.05, 0.1) is 13.7 Å². The summed E-state index contributed by atoms with van der Waals surface area (Å²) in [6.45, 7) is 2.25. The summed E-state index contributed by atoms with van der Waals surface area (Å²) < 4.78 is 7.35. The topological polar surface area (TPSA) is 44.1 Å². The minimum Gasteiger partial charge on any atom is -0.496 e. The second-order valence-electron chi connectivity index (χ2n) is 3.86. The third kappa shape index (κ3) is 2.46. The molecule has 0 amide bonds. The summed E-state index contributed by atoms with van der Waals surface area (Å²) in [7, 11) is 1.62. The van der Waals surface area contributed by atoms with Crippen LogP contribution in [-0.2, 0) is 6.54 Å². The van der Waals surface area contributed by atoms with E-state index in [0.717, 1.165) is 11.3 Å². The molecule has 0 saturated carbocycles. The van der Waals surface area contributed by atoms with E-state index in [1.165, 1.54) is 6.20 Å². The number of halogens is 1. The average molecular weight is 309 g/mol. The Bertz CT molecular complexity index is 623. The molecule has 0 unspecified atom stereocenters. The van der Waals surface area contributed by atoms with Crippen LogP contribution in [0.1, 0.15) is 11.4 Å². The number of methoxy groups -OCH3 is 1. The number of benzene rings is 1. The molecule has 0 saturated heterocycles. The largest absolute Gasteiger partial charge is 0.496 e. The maximum absolute atomic E-state index is 12.0. The van der Waals surface area contributed by atoms with Gasteiger partial charge in [0.1, 0.15) is 16.0 Å². The maximum atomic E-state index is 12.0. The predicted octanol–water partition coefficient (Wildman–Crippen LogP) is 2.37. The lowest BCUT2D eigenvalue weighted by Gasteiger charge is -2.12. The van der Waals surface area contributed by atoms with Crippen LogP contribution in [0, 0.1) is 6.92 Å². The van der Waals surface area contributed by atoms with E-state index < -0.39 is 0 Å². The van der Waals surface area contributed by atoms with Crippen LogP contribution in [0.2, 0.25) is 0 Å². The summed E-state index contributed by atoms with van der Waals surface area (Å²) in [4.78, 5) is 16.2. The number of para-hydroxylation sites is 1. The van der Waals surface area contributed by atoms with Crippen molar-refractivity contribution in [1.82, 2.24) is 9.55 Å². The molecule has 0 atom stereocenters. The number of ether oxygens (including phenoxy) is 1. The maximum Gasteiger partial charge on any atom is 0.268 e. The van der Waals surface area contributed by atoms with Crippen LogP contribution in [0.15, 0.2) is 39.7 Å². The van der Waals surface area contributed by atoms with E-state index in [0.29, 0.717) is 16.8 Å². The first-order valence-corrected chi connectivity index (χ1v) is 6.26. The smallest absolute Gasteiger partial charge is 0.268 e. The Balaban J connectivity index is 2.46. The van der Waals surface area contributed by atoms with Crippen molar-refractivity contribution < 1.29 is 4.74 Å². The molecular weight excluding hydrogens is 296 g/mol. The van der Waals surface area contributed by atoms with Crippen LogP contribution in [0.25, 0.3) is 0 Å². The summed E-state index contributed by atoms with van der Waals surface area (Å²) >= 11 is 3.20. The number of nitrogens with zero attached hydrogens (tertiary/aromatic N) is 2. The highest BCUT2D eigenvalue weighted by atomic mass is 79.9. The van der Waals surface area contributed by atoms with Gasteiger partial charge in [-0.1, -0.05) is 18.2 Å². The van der Waals surface area contributed by atoms with Gasteiger partial charge in [-0.3, -0.25) is 9.36 Å². The van der Waals surface area contributed by atoms with Crippen LogP contribution in [0.5, 0.6) is 5.75 Å². The molecule has 1 aromatic heterocycles. The highest BCUT2D eigenvalue weighted by Crippen LogP contribution is 2.18. The van der Waals surface area contributed by atoms with E-state index in [-0.39, 0.29) is 5.56 Å². The summed E-state index contributed by atoms with van der Waals surface area (Å²) in [5.74, 6) is 1.44. The van der Waals surface area contributed by atoms with Crippen molar-refractivity contribution in [2.24, 2.45) is 0 Å². The van der Waals surface area contributed by atoms with E-state index in [4.69, 9.17) is 4.74 Å². The van der Waals surface area contributed by atoms with E-state index >= 15 is 0 Å². The van der Waals surface area contributed by atoms with Crippen molar-refractivity contribution in [3.05, 3.63) is 56.7 Å². The van der Waals surface area contributed by atoms with Crippen molar-refractivity contribution in [1.29, 1.82) is 0 Å². The first-order chi connectivity index (χ1) is 8.63. The van der Waals surface area contributed by atoms with Crippen molar-refractivity contribution >= 4 is 15.9 Å². The molecule has 0 aliphatic heterocycles. The minimum absolute atomic E-state index is 0.0894. The fourth-order valence-corrected chi connectivity index (χ4v) is 2.06. The molecule has 2 rings (SSSR count). The van der Waals surface area contributed by atoms with Crippen molar-refractivity contribution in [3.8, 4) is 5.75 Å². The Morgan fingerprint density at radius 2 is 2.11 bits per heavy atom. The van der Waals surface area contributed by atoms with Gasteiger partial charge in [-0.15, -0.1) is 0 Å². The predicted molar refractivity (Wildman–Crippen MR) is 73.0 cm³/mol. The molecule has 4 nitrogen and oxygen atoms in total. The molecule has 1 aromatic carbocycles. The zero-order chi connectivity index (χ0) is 13.1. The average Bonchev–Trinajstić information content (AvgIpc) is 2.39. The number of rotatable bonds is 3. The van der Waals surface area contributed by atoms with Crippen LogP contribution in [-0.4, -0.2) is 16.7 Å². The van der Waals surface area contributed by atoms with Crippen molar-refractivity contribution in [2.75, 3.05) is 7.11 Å². The Hall–Kier alpha value is -1.62. The molecule has 1 heterocycles. The Labute approximate surface area is 113 Å². The number of hydrogen-bond acceptors (Lipinski definition) is 3.